The van der Waals surface area contributed by atoms with Crippen molar-refractivity contribution >= 4 is 47.8 Å². The van der Waals surface area contributed by atoms with Gasteiger partial charge in [0.2, 0.25) is 6.79 Å². The number of hydrogen-bond acceptors (Lipinski definition) is 13. The van der Waals surface area contributed by atoms with E-state index in [1.165, 1.54) is 11.5 Å². The number of anilines is 1. The van der Waals surface area contributed by atoms with Crippen LogP contribution in [-0.2, 0) is 33.1 Å². The van der Waals surface area contributed by atoms with E-state index in [0.29, 0.717) is 16.7 Å². The summed E-state index contributed by atoms with van der Waals surface area (Å²) in [5, 5.41) is 38.5. The number of hydrogen-bond donors (Lipinski definition) is 4. The molecule has 2 aliphatic rings. The molecule has 1 aliphatic carbocycles. The maximum absolute atomic E-state index is 14.0. The van der Waals surface area contributed by atoms with Crippen molar-refractivity contribution in [1.82, 2.24) is 14.6 Å². The number of ether oxygens (including phenoxy) is 4. The number of aromatic nitrogens is 2. The monoisotopic (exact) mass is 733 g/mol. The highest BCUT2D eigenvalue weighted by atomic mass is 35.5. The van der Waals surface area contributed by atoms with Gasteiger partial charge >= 0.3 is 19.5 Å². The number of esters is 2. The van der Waals surface area contributed by atoms with Crippen LogP contribution in [0.4, 0.5) is 5.69 Å². The smallest absolute Gasteiger partial charge is 0.342 e. The van der Waals surface area contributed by atoms with Crippen LogP contribution in [0.25, 0.3) is 11.0 Å². The van der Waals surface area contributed by atoms with E-state index in [-0.39, 0.29) is 29.1 Å². The molecule has 1 aliphatic heterocycles. The number of rotatable bonds is 15. The molecule has 1 saturated heterocycles. The third-order valence-electron chi connectivity index (χ3n) is 8.40. The fourth-order valence-electron chi connectivity index (χ4n) is 5.78. The zero-order valence-corrected chi connectivity index (χ0v) is 29.5. The fourth-order valence-corrected chi connectivity index (χ4v) is 7.68. The molecule has 3 heterocycles. The molecule has 15 nitrogen and oxygen atoms in total. The summed E-state index contributed by atoms with van der Waals surface area (Å²) in [5.74, 6) is -1.58. The molecule has 1 unspecified atom stereocenters. The van der Waals surface area contributed by atoms with Crippen LogP contribution in [-0.4, -0.2) is 81.8 Å². The first-order chi connectivity index (χ1) is 23.9. The highest BCUT2D eigenvalue weighted by Crippen LogP contribution is 2.44. The van der Waals surface area contributed by atoms with Gasteiger partial charge in [-0.25, -0.2) is 10.1 Å². The van der Waals surface area contributed by atoms with E-state index in [0.717, 1.165) is 25.7 Å². The number of nitriles is 1. The lowest BCUT2D eigenvalue weighted by molar-refractivity contribution is -0.170. The van der Waals surface area contributed by atoms with Crippen LogP contribution in [0, 0.1) is 17.2 Å². The molecule has 1 saturated carbocycles. The van der Waals surface area contributed by atoms with Gasteiger partial charge in [0.25, 0.3) is 0 Å². The van der Waals surface area contributed by atoms with E-state index in [2.05, 4.69) is 21.5 Å². The lowest BCUT2D eigenvalue weighted by Crippen LogP contribution is -2.37. The second kappa shape index (κ2) is 16.5. The number of carbonyl (C=O) groups excluding carboxylic acids is 2. The number of carbonyl (C=O) groups is 2. The van der Waals surface area contributed by atoms with Crippen LogP contribution in [0.1, 0.15) is 58.2 Å². The van der Waals surface area contributed by atoms with Crippen molar-refractivity contribution in [1.29, 1.82) is 5.26 Å². The average molecular weight is 734 g/mol. The van der Waals surface area contributed by atoms with Gasteiger partial charge in [0.05, 0.1) is 18.2 Å². The van der Waals surface area contributed by atoms with Crippen molar-refractivity contribution in [2.24, 2.45) is 5.92 Å². The molecule has 2 fully saturated rings. The summed E-state index contributed by atoms with van der Waals surface area (Å²) in [6, 6.07) is 11.1. The summed E-state index contributed by atoms with van der Waals surface area (Å²) in [5.41, 5.74) is 1.12. The largest absolute Gasteiger partial charge is 0.431 e. The minimum Gasteiger partial charge on any atom is -0.431 e. The zero-order valence-electron chi connectivity index (χ0n) is 27.9. The highest BCUT2D eigenvalue weighted by Gasteiger charge is 2.45. The summed E-state index contributed by atoms with van der Waals surface area (Å²) < 4.78 is 42.9. The maximum atomic E-state index is 14.0. The van der Waals surface area contributed by atoms with Gasteiger partial charge in [-0.1, -0.05) is 56.5 Å². The molecule has 1 aromatic carbocycles. The first-order valence-electron chi connectivity index (χ1n) is 16.3. The number of pyridine rings is 1. The molecule has 0 radical (unpaired) electrons. The van der Waals surface area contributed by atoms with Crippen LogP contribution in [0.3, 0.4) is 0 Å². The fraction of sp³-hybridized carbons (Fsp3) is 0.515. The summed E-state index contributed by atoms with van der Waals surface area (Å²) in [7, 11) is -3.98. The van der Waals surface area contributed by atoms with E-state index >= 15 is 0 Å². The SMILES string of the molecule is CC(C)C(=O)OCOC(=O)[C@H](C)NP(=O)(COC[C@H]1O[C@@H](n2ccc3c(NC4CCCC4)c(C#N)c(Cl)nc32)[C@H](O)[C@@H]1O)Oc1ccccc1. The second-order valence-electron chi connectivity index (χ2n) is 12.5. The minimum absolute atomic E-state index is 0.00952. The van der Waals surface area contributed by atoms with Gasteiger partial charge in [-0.2, -0.15) is 5.26 Å². The average Bonchev–Trinajstić information content (AvgIpc) is 3.81. The Balaban J connectivity index is 1.26. The van der Waals surface area contributed by atoms with Gasteiger partial charge < -0.3 is 43.6 Å². The molecule has 50 heavy (non-hydrogen) atoms. The normalized spacial score (nSPS) is 22.6. The number of fused-ring (bicyclic) bond motifs is 1. The molecule has 2 aromatic heterocycles. The van der Waals surface area contributed by atoms with E-state index in [1.807, 2.05) is 0 Å². The number of aliphatic hydroxyl groups excluding tert-OH is 2. The third kappa shape index (κ3) is 8.76. The van der Waals surface area contributed by atoms with Crippen molar-refractivity contribution in [2.75, 3.05) is 25.1 Å². The Labute approximate surface area is 294 Å². The van der Waals surface area contributed by atoms with E-state index < -0.39 is 69.1 Å². The highest BCUT2D eigenvalue weighted by molar-refractivity contribution is 7.57. The number of benzene rings is 1. The number of para-hydroxylation sites is 1. The Morgan fingerprint density at radius 3 is 2.50 bits per heavy atom. The standard InChI is InChI=1S/C33H41ClN5O10P/c1-19(2)32(42)46-17-47-33(43)20(3)38-50(44,49-22-11-5-4-6-12-22)18-45-16-25-27(40)28(41)31(48-25)39-14-13-23-26(36-21-9-7-8-10-21)24(15-35)29(34)37-30(23)39/h4-6,11-14,19-21,25,27-28,31,40-41H,7-10,16-18H2,1-3H3,(H,36,37)(H,38,44)/t20-,25+,27+,28+,31+,50?/m0/s1. The van der Waals surface area contributed by atoms with Gasteiger partial charge in [0.15, 0.2) is 11.4 Å². The molecule has 270 valence electrons. The molecule has 0 spiro atoms. The first kappa shape index (κ1) is 37.5. The Morgan fingerprint density at radius 1 is 1.12 bits per heavy atom. The Kier molecular flexibility index (Phi) is 12.4. The van der Waals surface area contributed by atoms with Gasteiger partial charge in [-0.05, 0) is 38.0 Å². The molecule has 17 heteroatoms. The first-order valence-corrected chi connectivity index (χ1v) is 18.5. The molecule has 3 aromatic rings. The summed E-state index contributed by atoms with van der Waals surface area (Å²) >= 11 is 6.44. The quantitative estimate of drug-likeness (QED) is 0.0738. The number of nitrogens with zero attached hydrogens (tertiary/aromatic N) is 3. The lowest BCUT2D eigenvalue weighted by Gasteiger charge is -2.24. The van der Waals surface area contributed by atoms with Crippen molar-refractivity contribution in [2.45, 2.75) is 83.1 Å². The second-order valence-corrected chi connectivity index (χ2v) is 14.9. The van der Waals surface area contributed by atoms with Gasteiger partial charge in [-0.3, -0.25) is 14.2 Å². The number of nitrogens with one attached hydrogen (secondary N) is 2. The molecular formula is C33H41ClN5O10P. The molecule has 5 rings (SSSR count). The molecular weight excluding hydrogens is 693 g/mol. The molecule has 0 amide bonds. The van der Waals surface area contributed by atoms with Crippen LogP contribution < -0.4 is 14.9 Å². The van der Waals surface area contributed by atoms with Crippen LogP contribution in [0.2, 0.25) is 5.15 Å². The zero-order chi connectivity index (χ0) is 36.0. The van der Waals surface area contributed by atoms with Gasteiger partial charge in [0, 0.05) is 17.6 Å². The van der Waals surface area contributed by atoms with Crippen LogP contribution in [0.15, 0.2) is 42.6 Å². The Hall–Kier alpha value is -3.74. The van der Waals surface area contributed by atoms with Crippen LogP contribution >= 0.6 is 19.1 Å². The Bertz CT molecular complexity index is 1750. The number of halogens is 1. The lowest BCUT2D eigenvalue weighted by atomic mass is 10.1. The van der Waals surface area contributed by atoms with Crippen molar-refractivity contribution in [3.63, 3.8) is 0 Å². The Morgan fingerprint density at radius 2 is 1.82 bits per heavy atom. The predicted molar refractivity (Wildman–Crippen MR) is 181 cm³/mol. The summed E-state index contributed by atoms with van der Waals surface area (Å²) in [6.07, 6.45) is 0.167. The molecule has 0 bridgehead atoms. The predicted octanol–water partition coefficient (Wildman–Crippen LogP) is 4.46. The van der Waals surface area contributed by atoms with E-state index in [4.69, 9.17) is 35.1 Å². The maximum Gasteiger partial charge on any atom is 0.342 e. The van der Waals surface area contributed by atoms with Crippen LogP contribution in [0.5, 0.6) is 5.75 Å². The minimum atomic E-state index is -3.98. The van der Waals surface area contributed by atoms with Gasteiger partial charge in [-0.15, -0.1) is 0 Å². The number of aliphatic hydroxyl groups is 2. The van der Waals surface area contributed by atoms with Crippen molar-refractivity contribution in [3.8, 4) is 11.8 Å². The van der Waals surface area contributed by atoms with Crippen molar-refractivity contribution < 1.29 is 47.8 Å². The third-order valence-corrected chi connectivity index (χ3v) is 10.5. The molecule has 6 atom stereocenters. The van der Waals surface area contributed by atoms with Gasteiger partial charge in [0.1, 0.15) is 53.7 Å². The molecule has 4 N–H and O–H groups in total. The topological polar surface area (TPSA) is 203 Å². The van der Waals surface area contributed by atoms with E-state index in [9.17, 15) is 29.6 Å². The van der Waals surface area contributed by atoms with E-state index in [1.54, 1.807) is 56.4 Å². The van der Waals surface area contributed by atoms with Crippen molar-refractivity contribution in [3.05, 3.63) is 53.3 Å². The summed E-state index contributed by atoms with van der Waals surface area (Å²) in [4.78, 5) is 28.7. The summed E-state index contributed by atoms with van der Waals surface area (Å²) in [6.45, 7) is 3.74.